The SMILES string of the molecule is Cc1ccc2cc(CN[C@@H]3CCN(C(=O)C4CCCC4)C3)ccc2n1. The molecule has 1 aromatic heterocycles. The molecule has 0 radical (unpaired) electrons. The zero-order valence-corrected chi connectivity index (χ0v) is 15.0. The fourth-order valence-electron chi connectivity index (χ4n) is 4.21. The molecule has 4 heteroatoms. The van der Waals surface area contributed by atoms with Crippen LogP contribution in [0.1, 0.15) is 43.4 Å². The van der Waals surface area contributed by atoms with Gasteiger partial charge in [0.2, 0.25) is 5.91 Å². The van der Waals surface area contributed by atoms with Crippen LogP contribution in [-0.2, 0) is 11.3 Å². The van der Waals surface area contributed by atoms with Crippen molar-refractivity contribution in [1.82, 2.24) is 15.2 Å². The van der Waals surface area contributed by atoms with Gasteiger partial charge in [-0.15, -0.1) is 0 Å². The minimum absolute atomic E-state index is 0.301. The normalized spacial score (nSPS) is 21.3. The number of aromatic nitrogens is 1. The number of likely N-dealkylation sites (tertiary alicyclic amines) is 1. The first kappa shape index (κ1) is 16.5. The van der Waals surface area contributed by atoms with Crippen LogP contribution < -0.4 is 5.32 Å². The van der Waals surface area contributed by atoms with Crippen molar-refractivity contribution in [3.05, 3.63) is 41.6 Å². The Morgan fingerprint density at radius 1 is 1.20 bits per heavy atom. The summed E-state index contributed by atoms with van der Waals surface area (Å²) >= 11 is 0. The molecule has 1 N–H and O–H groups in total. The number of fused-ring (bicyclic) bond motifs is 1. The lowest BCUT2D eigenvalue weighted by atomic mass is 10.1. The van der Waals surface area contributed by atoms with E-state index >= 15 is 0 Å². The number of rotatable bonds is 4. The number of amides is 1. The van der Waals surface area contributed by atoms with Crippen LogP contribution in [0.5, 0.6) is 0 Å². The van der Waals surface area contributed by atoms with E-state index in [0.29, 0.717) is 17.9 Å². The number of hydrogen-bond acceptors (Lipinski definition) is 3. The molecule has 0 spiro atoms. The van der Waals surface area contributed by atoms with Crippen molar-refractivity contribution in [3.63, 3.8) is 0 Å². The predicted molar refractivity (Wildman–Crippen MR) is 100 cm³/mol. The van der Waals surface area contributed by atoms with E-state index in [1.54, 1.807) is 0 Å². The quantitative estimate of drug-likeness (QED) is 0.930. The van der Waals surface area contributed by atoms with Crippen molar-refractivity contribution in [2.45, 2.75) is 51.6 Å². The average molecular weight is 337 g/mol. The van der Waals surface area contributed by atoms with E-state index < -0.39 is 0 Å². The van der Waals surface area contributed by atoms with Crippen molar-refractivity contribution in [1.29, 1.82) is 0 Å². The molecule has 0 unspecified atom stereocenters. The maximum absolute atomic E-state index is 12.5. The Labute approximate surface area is 149 Å². The van der Waals surface area contributed by atoms with Crippen LogP contribution >= 0.6 is 0 Å². The van der Waals surface area contributed by atoms with Gasteiger partial charge in [0.15, 0.2) is 0 Å². The molecule has 1 saturated carbocycles. The van der Waals surface area contributed by atoms with Crippen molar-refractivity contribution >= 4 is 16.8 Å². The van der Waals surface area contributed by atoms with Crippen LogP contribution in [-0.4, -0.2) is 34.9 Å². The zero-order valence-electron chi connectivity index (χ0n) is 15.0. The zero-order chi connectivity index (χ0) is 17.2. The summed E-state index contributed by atoms with van der Waals surface area (Å²) in [5.41, 5.74) is 3.38. The maximum atomic E-state index is 12.5. The van der Waals surface area contributed by atoms with Gasteiger partial charge >= 0.3 is 0 Å². The van der Waals surface area contributed by atoms with Gasteiger partial charge in [-0.05, 0) is 49.9 Å². The van der Waals surface area contributed by atoms with Gasteiger partial charge < -0.3 is 10.2 Å². The molecular formula is C21H27N3O. The van der Waals surface area contributed by atoms with Gasteiger partial charge in [0.1, 0.15) is 0 Å². The van der Waals surface area contributed by atoms with Crippen LogP contribution in [0.15, 0.2) is 30.3 Å². The lowest BCUT2D eigenvalue weighted by molar-refractivity contribution is -0.134. The van der Waals surface area contributed by atoms with Gasteiger partial charge in [-0.25, -0.2) is 0 Å². The standard InChI is InChI=1S/C21H27N3O/c1-15-6-8-18-12-16(7-9-20(18)23-15)13-22-19-10-11-24(14-19)21(25)17-4-2-3-5-17/h6-9,12,17,19,22H,2-5,10-11,13-14H2,1H3/t19-/m1/s1. The summed E-state index contributed by atoms with van der Waals surface area (Å²) in [5.74, 6) is 0.698. The Morgan fingerprint density at radius 2 is 2.04 bits per heavy atom. The smallest absolute Gasteiger partial charge is 0.225 e. The van der Waals surface area contributed by atoms with Gasteiger partial charge in [-0.2, -0.15) is 0 Å². The van der Waals surface area contributed by atoms with Crippen LogP contribution in [0, 0.1) is 12.8 Å². The maximum Gasteiger partial charge on any atom is 0.225 e. The summed E-state index contributed by atoms with van der Waals surface area (Å²) in [7, 11) is 0. The van der Waals surface area contributed by atoms with Gasteiger partial charge in [0.05, 0.1) is 5.52 Å². The number of nitrogens with one attached hydrogen (secondary N) is 1. The first-order valence-electron chi connectivity index (χ1n) is 9.57. The molecule has 1 aliphatic carbocycles. The Kier molecular flexibility index (Phi) is 4.71. The summed E-state index contributed by atoms with van der Waals surface area (Å²) in [6, 6.07) is 11.1. The molecule has 4 rings (SSSR count). The minimum atomic E-state index is 0.301. The number of hydrogen-bond donors (Lipinski definition) is 1. The topological polar surface area (TPSA) is 45.2 Å². The monoisotopic (exact) mass is 337 g/mol. The van der Waals surface area contributed by atoms with Crippen molar-refractivity contribution in [2.24, 2.45) is 5.92 Å². The lowest BCUT2D eigenvalue weighted by Crippen LogP contribution is -2.37. The molecule has 1 amide bonds. The molecule has 1 atom stereocenters. The number of nitrogens with zero attached hydrogens (tertiary/aromatic N) is 2. The Bertz CT molecular complexity index is 767. The van der Waals surface area contributed by atoms with E-state index in [2.05, 4.69) is 45.5 Å². The van der Waals surface area contributed by atoms with Crippen LogP contribution in [0.3, 0.4) is 0 Å². The first-order valence-corrected chi connectivity index (χ1v) is 9.57. The Hall–Kier alpha value is -1.94. The summed E-state index contributed by atoms with van der Waals surface area (Å²) in [4.78, 5) is 19.2. The molecule has 0 bridgehead atoms. The summed E-state index contributed by atoms with van der Waals surface area (Å²) in [6.45, 7) is 4.64. The van der Waals surface area contributed by atoms with Gasteiger partial charge in [-0.1, -0.05) is 25.0 Å². The first-order chi connectivity index (χ1) is 12.2. The fraction of sp³-hybridized carbons (Fsp3) is 0.524. The molecular weight excluding hydrogens is 310 g/mol. The summed E-state index contributed by atoms with van der Waals surface area (Å²) in [5, 5.41) is 4.82. The lowest BCUT2D eigenvalue weighted by Gasteiger charge is -2.20. The van der Waals surface area contributed by atoms with Crippen LogP contribution in [0.25, 0.3) is 10.9 Å². The predicted octanol–water partition coefficient (Wildman–Crippen LogP) is 3.42. The molecule has 2 fully saturated rings. The second-order valence-electron chi connectivity index (χ2n) is 7.61. The number of pyridine rings is 1. The number of carbonyl (C=O) groups is 1. The van der Waals surface area contributed by atoms with E-state index in [-0.39, 0.29) is 0 Å². The number of carbonyl (C=O) groups excluding carboxylic acids is 1. The second-order valence-corrected chi connectivity index (χ2v) is 7.61. The van der Waals surface area contributed by atoms with Crippen LogP contribution in [0.4, 0.5) is 0 Å². The number of benzene rings is 1. The molecule has 2 heterocycles. The molecule has 1 aromatic carbocycles. The molecule has 4 nitrogen and oxygen atoms in total. The van der Waals surface area contributed by atoms with E-state index in [9.17, 15) is 4.79 Å². The summed E-state index contributed by atoms with van der Waals surface area (Å²) in [6.07, 6.45) is 5.70. The van der Waals surface area contributed by atoms with Crippen molar-refractivity contribution < 1.29 is 4.79 Å². The Morgan fingerprint density at radius 3 is 2.88 bits per heavy atom. The number of aryl methyl sites for hydroxylation is 1. The molecule has 2 aromatic rings. The highest BCUT2D eigenvalue weighted by Crippen LogP contribution is 2.28. The molecule has 1 saturated heterocycles. The van der Waals surface area contributed by atoms with E-state index in [1.807, 2.05) is 6.92 Å². The third-order valence-electron chi connectivity index (χ3n) is 5.69. The van der Waals surface area contributed by atoms with Crippen LogP contribution in [0.2, 0.25) is 0 Å². The highest BCUT2D eigenvalue weighted by atomic mass is 16.2. The van der Waals surface area contributed by atoms with Gasteiger partial charge in [-0.3, -0.25) is 9.78 Å². The van der Waals surface area contributed by atoms with E-state index in [1.165, 1.54) is 23.8 Å². The molecule has 25 heavy (non-hydrogen) atoms. The fourth-order valence-corrected chi connectivity index (χ4v) is 4.21. The largest absolute Gasteiger partial charge is 0.341 e. The Balaban J connectivity index is 1.33. The third-order valence-corrected chi connectivity index (χ3v) is 5.69. The highest BCUT2D eigenvalue weighted by molar-refractivity contribution is 5.80. The average Bonchev–Trinajstić information content (AvgIpc) is 3.31. The van der Waals surface area contributed by atoms with E-state index in [0.717, 1.165) is 50.1 Å². The summed E-state index contributed by atoms with van der Waals surface area (Å²) < 4.78 is 0. The van der Waals surface area contributed by atoms with Gasteiger partial charge in [0.25, 0.3) is 0 Å². The highest BCUT2D eigenvalue weighted by Gasteiger charge is 2.31. The van der Waals surface area contributed by atoms with Crippen molar-refractivity contribution in [2.75, 3.05) is 13.1 Å². The third kappa shape index (κ3) is 3.69. The minimum Gasteiger partial charge on any atom is -0.341 e. The molecule has 2 aliphatic rings. The van der Waals surface area contributed by atoms with E-state index in [4.69, 9.17) is 0 Å². The second kappa shape index (κ2) is 7.12. The molecule has 132 valence electrons. The van der Waals surface area contributed by atoms with Crippen molar-refractivity contribution in [3.8, 4) is 0 Å². The molecule has 1 aliphatic heterocycles. The van der Waals surface area contributed by atoms with Gasteiger partial charge in [0, 0.05) is 42.7 Å².